The van der Waals surface area contributed by atoms with E-state index in [1.54, 1.807) is 37.4 Å². The van der Waals surface area contributed by atoms with Gasteiger partial charge in [-0.2, -0.15) is 0 Å². The first kappa shape index (κ1) is 22.5. The van der Waals surface area contributed by atoms with Gasteiger partial charge < -0.3 is 29.6 Å². The molecule has 3 aromatic rings. The van der Waals surface area contributed by atoms with Crippen molar-refractivity contribution in [3.8, 4) is 5.75 Å². The lowest BCUT2D eigenvalue weighted by Crippen LogP contribution is -2.50. The van der Waals surface area contributed by atoms with Gasteiger partial charge in [-0.1, -0.05) is 11.6 Å². The lowest BCUT2D eigenvalue weighted by Gasteiger charge is -2.36. The van der Waals surface area contributed by atoms with Crippen LogP contribution in [-0.4, -0.2) is 56.5 Å². The molecular weight excluding hydrogens is 444 g/mol. The van der Waals surface area contributed by atoms with Crippen LogP contribution in [0.3, 0.4) is 0 Å². The number of halogens is 1. The van der Waals surface area contributed by atoms with E-state index in [1.165, 1.54) is 6.26 Å². The Labute approximate surface area is 197 Å². The first-order valence-electron chi connectivity index (χ1n) is 10.6. The summed E-state index contributed by atoms with van der Waals surface area (Å²) in [5.41, 5.74) is 2.18. The van der Waals surface area contributed by atoms with Crippen LogP contribution in [0, 0.1) is 0 Å². The van der Waals surface area contributed by atoms with E-state index < -0.39 is 5.91 Å². The largest absolute Gasteiger partial charge is 0.497 e. The maximum atomic E-state index is 12.8. The van der Waals surface area contributed by atoms with Crippen molar-refractivity contribution >= 4 is 40.5 Å². The number of furan rings is 1. The van der Waals surface area contributed by atoms with Gasteiger partial charge in [0.05, 0.1) is 31.3 Å². The van der Waals surface area contributed by atoms with Gasteiger partial charge in [-0.3, -0.25) is 9.59 Å². The molecule has 9 heteroatoms. The molecule has 2 heterocycles. The molecule has 2 amide bonds. The second-order valence-electron chi connectivity index (χ2n) is 7.54. The molecule has 0 spiro atoms. The number of amides is 2. The molecule has 2 aromatic carbocycles. The molecule has 1 aliphatic rings. The molecule has 1 aromatic heterocycles. The van der Waals surface area contributed by atoms with Crippen LogP contribution in [0.2, 0.25) is 5.02 Å². The highest BCUT2D eigenvalue weighted by atomic mass is 35.5. The number of carbonyl (C=O) groups is 2. The number of anilines is 3. The fourth-order valence-corrected chi connectivity index (χ4v) is 3.83. The summed E-state index contributed by atoms with van der Waals surface area (Å²) in [6.45, 7) is 2.88. The van der Waals surface area contributed by atoms with E-state index in [2.05, 4.69) is 15.5 Å². The molecule has 0 aliphatic carbocycles. The minimum atomic E-state index is -0.397. The molecule has 2 N–H and O–H groups in total. The average molecular weight is 469 g/mol. The fraction of sp³-hybridized carbons (Fsp3) is 0.250. The maximum Gasteiger partial charge on any atom is 0.291 e. The molecule has 0 saturated carbocycles. The molecule has 1 fully saturated rings. The molecule has 33 heavy (non-hydrogen) atoms. The van der Waals surface area contributed by atoms with Crippen molar-refractivity contribution in [3.05, 3.63) is 71.6 Å². The van der Waals surface area contributed by atoms with Gasteiger partial charge >= 0.3 is 0 Å². The van der Waals surface area contributed by atoms with Gasteiger partial charge in [0.25, 0.3) is 5.91 Å². The monoisotopic (exact) mass is 468 g/mol. The van der Waals surface area contributed by atoms with E-state index in [0.717, 1.165) is 24.5 Å². The summed E-state index contributed by atoms with van der Waals surface area (Å²) in [6.07, 6.45) is 1.43. The first-order valence-corrected chi connectivity index (χ1v) is 11.0. The standard InChI is InChI=1S/C24H25ClN4O4/c1-32-19-7-5-18(6-8-19)28-10-12-29(13-11-28)23(30)16-26-20-9-4-17(25)15-21(20)27-24(31)22-3-2-14-33-22/h2-9,14-15,26H,10-13,16H2,1H3,(H,27,31). The molecule has 1 aliphatic heterocycles. The fourth-order valence-electron chi connectivity index (χ4n) is 3.66. The number of rotatable bonds is 7. The molecule has 0 atom stereocenters. The Kier molecular flexibility index (Phi) is 7.04. The normalized spacial score (nSPS) is 13.5. The van der Waals surface area contributed by atoms with Gasteiger partial charge in [0.15, 0.2) is 5.76 Å². The second kappa shape index (κ2) is 10.3. The number of benzene rings is 2. The van der Waals surface area contributed by atoms with E-state index >= 15 is 0 Å². The number of hydrogen-bond acceptors (Lipinski definition) is 6. The van der Waals surface area contributed by atoms with E-state index in [4.69, 9.17) is 20.8 Å². The van der Waals surface area contributed by atoms with Crippen LogP contribution in [0.5, 0.6) is 5.75 Å². The predicted octanol–water partition coefficient (Wildman–Crippen LogP) is 3.95. The van der Waals surface area contributed by atoms with E-state index in [1.807, 2.05) is 29.2 Å². The summed E-state index contributed by atoms with van der Waals surface area (Å²) in [4.78, 5) is 29.2. The highest BCUT2D eigenvalue weighted by Gasteiger charge is 2.21. The molecule has 1 saturated heterocycles. The summed E-state index contributed by atoms with van der Waals surface area (Å²) in [5.74, 6) is 0.598. The third kappa shape index (κ3) is 5.59. The first-order chi connectivity index (χ1) is 16.0. The van der Waals surface area contributed by atoms with Crippen molar-refractivity contribution in [2.24, 2.45) is 0 Å². The Morgan fingerprint density at radius 3 is 2.45 bits per heavy atom. The molecule has 0 bridgehead atoms. The molecular formula is C24H25ClN4O4. The SMILES string of the molecule is COc1ccc(N2CCN(C(=O)CNc3ccc(Cl)cc3NC(=O)c3ccco3)CC2)cc1. The lowest BCUT2D eigenvalue weighted by molar-refractivity contribution is -0.129. The van der Waals surface area contributed by atoms with Crippen LogP contribution in [0.1, 0.15) is 10.6 Å². The van der Waals surface area contributed by atoms with Crippen LogP contribution >= 0.6 is 11.6 Å². The average Bonchev–Trinajstić information content (AvgIpc) is 3.39. The van der Waals surface area contributed by atoms with Crippen LogP contribution in [-0.2, 0) is 4.79 Å². The minimum Gasteiger partial charge on any atom is -0.497 e. The molecule has 0 unspecified atom stereocenters. The number of nitrogens with zero attached hydrogens (tertiary/aromatic N) is 2. The van der Waals surface area contributed by atoms with Crippen molar-refractivity contribution in [1.29, 1.82) is 0 Å². The van der Waals surface area contributed by atoms with Crippen molar-refractivity contribution < 1.29 is 18.7 Å². The topological polar surface area (TPSA) is 87.0 Å². The van der Waals surface area contributed by atoms with E-state index in [9.17, 15) is 9.59 Å². The molecule has 172 valence electrons. The lowest BCUT2D eigenvalue weighted by atomic mass is 10.2. The number of ether oxygens (including phenoxy) is 1. The van der Waals surface area contributed by atoms with Gasteiger partial charge in [-0.15, -0.1) is 0 Å². The van der Waals surface area contributed by atoms with Gasteiger partial charge in [0.2, 0.25) is 5.91 Å². The number of carbonyl (C=O) groups excluding carboxylic acids is 2. The highest BCUT2D eigenvalue weighted by molar-refractivity contribution is 6.31. The maximum absolute atomic E-state index is 12.8. The Hall–Kier alpha value is -3.65. The zero-order chi connectivity index (χ0) is 23.2. The summed E-state index contributed by atoms with van der Waals surface area (Å²) >= 11 is 6.10. The number of hydrogen-bond donors (Lipinski definition) is 2. The summed E-state index contributed by atoms with van der Waals surface area (Å²) < 4.78 is 10.3. The third-order valence-corrected chi connectivity index (χ3v) is 5.71. The smallest absolute Gasteiger partial charge is 0.291 e. The van der Waals surface area contributed by atoms with Crippen molar-refractivity contribution in [2.45, 2.75) is 0 Å². The second-order valence-corrected chi connectivity index (χ2v) is 7.98. The number of nitrogens with one attached hydrogen (secondary N) is 2. The van der Waals surface area contributed by atoms with Crippen LogP contribution in [0.25, 0.3) is 0 Å². The number of piperazine rings is 1. The van der Waals surface area contributed by atoms with Gasteiger partial charge in [0.1, 0.15) is 5.75 Å². The van der Waals surface area contributed by atoms with Crippen molar-refractivity contribution in [3.63, 3.8) is 0 Å². The Morgan fingerprint density at radius 2 is 1.79 bits per heavy atom. The highest BCUT2D eigenvalue weighted by Crippen LogP contribution is 2.26. The summed E-state index contributed by atoms with van der Waals surface area (Å²) in [7, 11) is 1.65. The van der Waals surface area contributed by atoms with Crippen molar-refractivity contribution in [1.82, 2.24) is 4.90 Å². The third-order valence-electron chi connectivity index (χ3n) is 5.47. The molecule has 4 rings (SSSR count). The summed E-state index contributed by atoms with van der Waals surface area (Å²) in [6, 6.07) is 16.2. The molecule has 8 nitrogen and oxygen atoms in total. The van der Waals surface area contributed by atoms with E-state index in [-0.39, 0.29) is 18.2 Å². The summed E-state index contributed by atoms with van der Waals surface area (Å²) in [5, 5.41) is 6.36. The van der Waals surface area contributed by atoms with Gasteiger partial charge in [-0.05, 0) is 54.6 Å². The van der Waals surface area contributed by atoms with E-state index in [0.29, 0.717) is 29.5 Å². The zero-order valence-corrected chi connectivity index (χ0v) is 19.0. The van der Waals surface area contributed by atoms with Crippen LogP contribution in [0.4, 0.5) is 17.1 Å². The minimum absolute atomic E-state index is 0.0114. The van der Waals surface area contributed by atoms with Gasteiger partial charge in [0, 0.05) is 36.9 Å². The zero-order valence-electron chi connectivity index (χ0n) is 18.2. The Balaban J connectivity index is 1.32. The van der Waals surface area contributed by atoms with Crippen molar-refractivity contribution in [2.75, 3.05) is 55.4 Å². The molecule has 0 radical (unpaired) electrons. The van der Waals surface area contributed by atoms with Gasteiger partial charge in [-0.25, -0.2) is 0 Å². The Bertz CT molecular complexity index is 1090. The number of methoxy groups -OCH3 is 1. The Morgan fingerprint density at radius 1 is 1.03 bits per heavy atom. The quantitative estimate of drug-likeness (QED) is 0.546. The predicted molar refractivity (Wildman–Crippen MR) is 128 cm³/mol. The van der Waals surface area contributed by atoms with Crippen LogP contribution < -0.4 is 20.3 Å². The van der Waals surface area contributed by atoms with Crippen LogP contribution in [0.15, 0.2) is 65.3 Å².